The third kappa shape index (κ3) is 3.22. The van der Waals surface area contributed by atoms with Gasteiger partial charge in [0.1, 0.15) is 5.75 Å². The van der Waals surface area contributed by atoms with Gasteiger partial charge in [0.2, 0.25) is 10.0 Å². The minimum absolute atomic E-state index is 0.0943. The number of aryl methyl sites for hydroxylation is 2. The molecule has 21 heavy (non-hydrogen) atoms. The zero-order valence-electron chi connectivity index (χ0n) is 13.2. The third-order valence-electron chi connectivity index (χ3n) is 3.70. The molecular weight excluding hydrogens is 290 g/mol. The van der Waals surface area contributed by atoms with Gasteiger partial charge >= 0.3 is 0 Å². The van der Waals surface area contributed by atoms with Crippen molar-refractivity contribution < 1.29 is 17.9 Å². The third-order valence-corrected chi connectivity index (χ3v) is 5.67. The van der Waals surface area contributed by atoms with Gasteiger partial charge in [-0.05, 0) is 51.0 Å². The van der Waals surface area contributed by atoms with Crippen LogP contribution in [0.4, 0.5) is 0 Å². The van der Waals surface area contributed by atoms with Gasteiger partial charge in [0.25, 0.3) is 0 Å². The van der Waals surface area contributed by atoms with E-state index in [2.05, 4.69) is 0 Å². The number of ether oxygens (including phenoxy) is 2. The average molecular weight is 313 g/mol. The molecule has 1 aromatic rings. The number of morpholine rings is 1. The summed E-state index contributed by atoms with van der Waals surface area (Å²) < 4.78 is 38.1. The van der Waals surface area contributed by atoms with Crippen molar-refractivity contribution in [2.24, 2.45) is 0 Å². The van der Waals surface area contributed by atoms with E-state index in [1.54, 1.807) is 26.2 Å². The summed E-state index contributed by atoms with van der Waals surface area (Å²) in [7, 11) is -1.92. The van der Waals surface area contributed by atoms with Crippen molar-refractivity contribution in [1.82, 2.24) is 4.31 Å². The molecule has 1 heterocycles. The van der Waals surface area contributed by atoms with Crippen molar-refractivity contribution in [1.29, 1.82) is 0 Å². The van der Waals surface area contributed by atoms with Gasteiger partial charge in [-0.2, -0.15) is 4.31 Å². The molecular formula is C15H23NO4S. The zero-order valence-corrected chi connectivity index (χ0v) is 14.0. The maximum Gasteiger partial charge on any atom is 0.243 e. The summed E-state index contributed by atoms with van der Waals surface area (Å²) in [6, 6.07) is 3.46. The first-order valence-corrected chi connectivity index (χ1v) is 8.50. The summed E-state index contributed by atoms with van der Waals surface area (Å²) in [6.07, 6.45) is -0.189. The summed E-state index contributed by atoms with van der Waals surface area (Å²) in [5, 5.41) is 0. The molecule has 0 unspecified atom stereocenters. The first-order chi connectivity index (χ1) is 9.75. The number of nitrogens with zero attached hydrogens (tertiary/aromatic N) is 1. The number of rotatable bonds is 3. The molecule has 0 bridgehead atoms. The number of hydrogen-bond donors (Lipinski definition) is 0. The second kappa shape index (κ2) is 5.94. The topological polar surface area (TPSA) is 55.8 Å². The second-order valence-corrected chi connectivity index (χ2v) is 7.57. The Balaban J connectivity index is 2.42. The largest absolute Gasteiger partial charge is 0.496 e. The normalized spacial score (nSPS) is 24.0. The predicted octanol–water partition coefficient (Wildman–Crippen LogP) is 2.11. The van der Waals surface area contributed by atoms with Crippen LogP contribution in [-0.4, -0.2) is 45.1 Å². The quantitative estimate of drug-likeness (QED) is 0.857. The van der Waals surface area contributed by atoms with Crippen LogP contribution in [0.1, 0.15) is 25.0 Å². The molecule has 2 atom stereocenters. The smallest absolute Gasteiger partial charge is 0.243 e. The highest BCUT2D eigenvalue weighted by Crippen LogP contribution is 2.29. The van der Waals surface area contributed by atoms with E-state index in [0.717, 1.165) is 5.56 Å². The van der Waals surface area contributed by atoms with Gasteiger partial charge in [0.05, 0.1) is 24.2 Å². The Kier molecular flexibility index (Phi) is 4.60. The highest BCUT2D eigenvalue weighted by Gasteiger charge is 2.33. The highest BCUT2D eigenvalue weighted by atomic mass is 32.2. The summed E-state index contributed by atoms with van der Waals surface area (Å²) in [5.41, 5.74) is 1.51. The van der Waals surface area contributed by atoms with Gasteiger partial charge in [0.15, 0.2) is 0 Å². The van der Waals surface area contributed by atoms with Crippen LogP contribution >= 0.6 is 0 Å². The molecule has 1 aliphatic heterocycles. The Morgan fingerprint density at radius 2 is 1.71 bits per heavy atom. The van der Waals surface area contributed by atoms with Gasteiger partial charge in [-0.1, -0.05) is 0 Å². The summed E-state index contributed by atoms with van der Waals surface area (Å²) in [6.45, 7) is 8.20. The van der Waals surface area contributed by atoms with E-state index < -0.39 is 10.0 Å². The maximum atomic E-state index is 12.9. The number of hydrogen-bond acceptors (Lipinski definition) is 4. The van der Waals surface area contributed by atoms with Crippen molar-refractivity contribution in [3.63, 3.8) is 0 Å². The fourth-order valence-electron chi connectivity index (χ4n) is 2.73. The Labute approximate surface area is 126 Å². The van der Waals surface area contributed by atoms with Crippen molar-refractivity contribution in [3.8, 4) is 5.75 Å². The van der Waals surface area contributed by atoms with Gasteiger partial charge < -0.3 is 9.47 Å². The number of sulfonamides is 1. The van der Waals surface area contributed by atoms with Crippen LogP contribution in [0.5, 0.6) is 5.75 Å². The monoisotopic (exact) mass is 313 g/mol. The highest BCUT2D eigenvalue weighted by molar-refractivity contribution is 7.89. The molecule has 5 nitrogen and oxygen atoms in total. The van der Waals surface area contributed by atoms with E-state index >= 15 is 0 Å². The van der Waals surface area contributed by atoms with Crippen LogP contribution in [0, 0.1) is 13.8 Å². The lowest BCUT2D eigenvalue weighted by atomic mass is 10.1. The Morgan fingerprint density at radius 3 is 2.24 bits per heavy atom. The average Bonchev–Trinajstić information content (AvgIpc) is 2.39. The van der Waals surface area contributed by atoms with Gasteiger partial charge in [-0.3, -0.25) is 0 Å². The van der Waals surface area contributed by atoms with E-state index in [1.807, 2.05) is 20.8 Å². The first kappa shape index (κ1) is 16.3. The summed E-state index contributed by atoms with van der Waals surface area (Å²) in [4.78, 5) is 0.349. The molecule has 0 aromatic heterocycles. The fraction of sp³-hybridized carbons (Fsp3) is 0.600. The molecule has 1 saturated heterocycles. The van der Waals surface area contributed by atoms with E-state index in [9.17, 15) is 8.42 Å². The van der Waals surface area contributed by atoms with Crippen LogP contribution in [0.25, 0.3) is 0 Å². The van der Waals surface area contributed by atoms with Crippen LogP contribution in [-0.2, 0) is 14.8 Å². The molecule has 0 saturated carbocycles. The maximum absolute atomic E-state index is 12.9. The SMILES string of the molecule is COc1cc(C)c(S(=O)(=O)N2C[C@@H](C)O[C@@H](C)C2)cc1C. The minimum atomic E-state index is -3.51. The lowest BCUT2D eigenvalue weighted by Crippen LogP contribution is -2.48. The van der Waals surface area contributed by atoms with E-state index in [1.165, 1.54) is 4.31 Å². The Hall–Kier alpha value is -1.11. The molecule has 1 fully saturated rings. The summed E-state index contributed by atoms with van der Waals surface area (Å²) >= 11 is 0. The molecule has 1 aromatic carbocycles. The number of benzene rings is 1. The lowest BCUT2D eigenvalue weighted by molar-refractivity contribution is -0.0440. The molecule has 0 aliphatic carbocycles. The molecule has 0 spiro atoms. The van der Waals surface area contributed by atoms with E-state index in [0.29, 0.717) is 29.3 Å². The summed E-state index contributed by atoms with van der Waals surface area (Å²) in [5.74, 6) is 0.704. The van der Waals surface area contributed by atoms with Crippen LogP contribution in [0.2, 0.25) is 0 Å². The first-order valence-electron chi connectivity index (χ1n) is 7.06. The van der Waals surface area contributed by atoms with Crippen molar-refractivity contribution in [2.75, 3.05) is 20.2 Å². The van der Waals surface area contributed by atoms with Gasteiger partial charge in [-0.15, -0.1) is 0 Å². The number of methoxy groups -OCH3 is 1. The fourth-order valence-corrected chi connectivity index (χ4v) is 4.61. The van der Waals surface area contributed by atoms with Gasteiger partial charge in [0, 0.05) is 13.1 Å². The second-order valence-electron chi connectivity index (χ2n) is 5.67. The minimum Gasteiger partial charge on any atom is -0.496 e. The van der Waals surface area contributed by atoms with Crippen molar-refractivity contribution in [3.05, 3.63) is 23.3 Å². The standard InChI is InChI=1S/C15H23NO4S/c1-10-7-15(11(2)6-14(10)19-5)21(17,18)16-8-12(3)20-13(4)9-16/h6-7,12-13H,8-9H2,1-5H3/t12-,13+. The van der Waals surface area contributed by atoms with Crippen LogP contribution < -0.4 is 4.74 Å². The molecule has 6 heteroatoms. The molecule has 0 N–H and O–H groups in total. The molecule has 0 amide bonds. The van der Waals surface area contributed by atoms with Crippen molar-refractivity contribution in [2.45, 2.75) is 44.8 Å². The van der Waals surface area contributed by atoms with Crippen LogP contribution in [0.3, 0.4) is 0 Å². The van der Waals surface area contributed by atoms with Gasteiger partial charge in [-0.25, -0.2) is 8.42 Å². The molecule has 1 aliphatic rings. The Bertz CT molecular complexity index is 617. The zero-order chi connectivity index (χ0) is 15.8. The molecule has 118 valence electrons. The van der Waals surface area contributed by atoms with E-state index in [-0.39, 0.29) is 12.2 Å². The Morgan fingerprint density at radius 1 is 1.14 bits per heavy atom. The lowest BCUT2D eigenvalue weighted by Gasteiger charge is -2.34. The van der Waals surface area contributed by atoms with Crippen molar-refractivity contribution >= 4 is 10.0 Å². The predicted molar refractivity (Wildman–Crippen MR) is 81.2 cm³/mol. The molecule has 2 rings (SSSR count). The van der Waals surface area contributed by atoms with E-state index in [4.69, 9.17) is 9.47 Å². The molecule has 0 radical (unpaired) electrons. The van der Waals surface area contributed by atoms with Crippen LogP contribution in [0.15, 0.2) is 17.0 Å².